The van der Waals surface area contributed by atoms with E-state index in [1.54, 1.807) is 12.2 Å². The SMILES string of the molecule is C=CC(C)(C)c1c(O)cc(O)c2c1O[C@@]13[C@@H](C(C)(C)C)C[C@@H](C(=O)[C@]1(O)CC=C(C)C)[C@@H](OC)[C@@H]3C2=O. The minimum absolute atomic E-state index is 0.0171. The number of benzene rings is 1. The zero-order chi connectivity index (χ0) is 27.9. The molecule has 4 aliphatic rings. The Labute approximate surface area is 219 Å². The van der Waals surface area contributed by atoms with Gasteiger partial charge in [0.25, 0.3) is 0 Å². The first-order chi connectivity index (χ1) is 17.0. The third-order valence-electron chi connectivity index (χ3n) is 8.90. The Balaban J connectivity index is 2.16. The number of aliphatic hydroxyl groups is 1. The van der Waals surface area contributed by atoms with Crippen molar-refractivity contribution in [3.05, 3.63) is 41.5 Å². The van der Waals surface area contributed by atoms with E-state index in [0.717, 1.165) is 11.6 Å². The molecule has 202 valence electrons. The summed E-state index contributed by atoms with van der Waals surface area (Å²) in [6, 6.07) is 1.14. The second-order valence-electron chi connectivity index (χ2n) is 12.8. The molecule has 7 nitrogen and oxygen atoms in total. The highest BCUT2D eigenvalue weighted by Crippen LogP contribution is 2.66. The Hall–Kier alpha value is -2.64. The van der Waals surface area contributed by atoms with Crippen molar-refractivity contribution in [2.75, 3.05) is 7.11 Å². The van der Waals surface area contributed by atoms with Crippen LogP contribution in [0.15, 0.2) is 30.4 Å². The highest BCUT2D eigenvalue weighted by molar-refractivity contribution is 6.09. The summed E-state index contributed by atoms with van der Waals surface area (Å²) in [6.45, 7) is 17.3. The van der Waals surface area contributed by atoms with Crippen LogP contribution in [-0.2, 0) is 14.9 Å². The average Bonchev–Trinajstić information content (AvgIpc) is 2.78. The molecular weight excluding hydrogens is 472 g/mol. The molecule has 1 heterocycles. The van der Waals surface area contributed by atoms with Crippen molar-refractivity contribution in [1.29, 1.82) is 0 Å². The van der Waals surface area contributed by atoms with E-state index in [2.05, 4.69) is 6.58 Å². The maximum absolute atomic E-state index is 14.4. The van der Waals surface area contributed by atoms with Gasteiger partial charge in [0.05, 0.1) is 12.0 Å². The van der Waals surface area contributed by atoms with E-state index in [9.17, 15) is 24.9 Å². The highest BCUT2D eigenvalue weighted by Gasteiger charge is 2.79. The Morgan fingerprint density at radius 3 is 2.32 bits per heavy atom. The molecule has 1 aromatic rings. The predicted octanol–water partition coefficient (Wildman–Crippen LogP) is 4.86. The van der Waals surface area contributed by atoms with Gasteiger partial charge in [0, 0.05) is 42.4 Å². The van der Waals surface area contributed by atoms with Crippen molar-refractivity contribution in [2.45, 2.75) is 84.0 Å². The van der Waals surface area contributed by atoms with Crippen molar-refractivity contribution >= 4 is 11.6 Å². The smallest absolute Gasteiger partial charge is 0.180 e. The molecule has 0 amide bonds. The van der Waals surface area contributed by atoms with Gasteiger partial charge in [0.15, 0.2) is 22.8 Å². The molecule has 3 saturated carbocycles. The molecule has 3 fully saturated rings. The van der Waals surface area contributed by atoms with Gasteiger partial charge in [-0.1, -0.05) is 52.3 Å². The largest absolute Gasteiger partial charge is 0.507 e. The van der Waals surface area contributed by atoms with Gasteiger partial charge >= 0.3 is 0 Å². The quantitative estimate of drug-likeness (QED) is 0.483. The number of phenolic OH excluding ortho intramolecular Hbond substituents is 2. The second kappa shape index (κ2) is 8.43. The molecule has 1 aliphatic heterocycles. The Bertz CT molecular complexity index is 1200. The lowest BCUT2D eigenvalue weighted by Gasteiger charge is -2.67. The van der Waals surface area contributed by atoms with Gasteiger partial charge in [0.2, 0.25) is 0 Å². The van der Waals surface area contributed by atoms with Gasteiger partial charge in [-0.25, -0.2) is 0 Å². The standard InChI is InChI=1S/C30H40O7/c1-10-28(7,8)21-18(32)14-17(31)20-23(33)22-24(36-9)16-13-19(27(4,5)6)30(22,37-25(20)21)29(35,26(16)34)12-11-15(2)3/h10-11,14,16,19,22,24,31-32,35H,1,12-13H2,2-9H3/t16-,19-,22+,24-,29-,30-/m1/s1. The Morgan fingerprint density at radius 1 is 1.19 bits per heavy atom. The monoisotopic (exact) mass is 512 g/mol. The van der Waals surface area contributed by atoms with Crippen molar-refractivity contribution in [2.24, 2.45) is 23.2 Å². The highest BCUT2D eigenvalue weighted by atomic mass is 16.5. The number of Topliss-reactive ketones (excluding diaryl/α,β-unsaturated/α-hetero) is 2. The molecule has 1 spiro atoms. The van der Waals surface area contributed by atoms with Crippen LogP contribution in [0.4, 0.5) is 0 Å². The fourth-order valence-electron chi connectivity index (χ4n) is 7.05. The predicted molar refractivity (Wildman–Crippen MR) is 140 cm³/mol. The maximum Gasteiger partial charge on any atom is 0.180 e. The number of allylic oxidation sites excluding steroid dienone is 2. The molecule has 3 aliphatic carbocycles. The normalized spacial score (nSPS) is 32.9. The number of hydrogen-bond donors (Lipinski definition) is 3. The summed E-state index contributed by atoms with van der Waals surface area (Å²) < 4.78 is 12.7. The van der Waals surface area contributed by atoms with Crippen LogP contribution in [0.25, 0.3) is 0 Å². The number of ketones is 2. The summed E-state index contributed by atoms with van der Waals surface area (Å²) in [7, 11) is 1.46. The molecule has 37 heavy (non-hydrogen) atoms. The van der Waals surface area contributed by atoms with E-state index in [0.29, 0.717) is 6.42 Å². The summed E-state index contributed by atoms with van der Waals surface area (Å²) in [5.74, 6) is -3.74. The van der Waals surface area contributed by atoms with Crippen molar-refractivity contribution in [1.82, 2.24) is 0 Å². The molecular formula is C30H40O7. The first kappa shape index (κ1) is 27.4. The molecule has 2 bridgehead atoms. The molecule has 3 N–H and O–H groups in total. The Kier molecular flexibility index (Phi) is 6.24. The first-order valence-electron chi connectivity index (χ1n) is 12.9. The van der Waals surface area contributed by atoms with Crippen molar-refractivity contribution in [3.63, 3.8) is 0 Å². The summed E-state index contributed by atoms with van der Waals surface area (Å²) in [5.41, 5.74) is -3.95. The van der Waals surface area contributed by atoms with E-state index < -0.39 is 63.2 Å². The van der Waals surface area contributed by atoms with E-state index >= 15 is 0 Å². The topological polar surface area (TPSA) is 113 Å². The number of ether oxygens (including phenoxy) is 2. The summed E-state index contributed by atoms with van der Waals surface area (Å²) in [4.78, 5) is 28.5. The van der Waals surface area contributed by atoms with Crippen LogP contribution in [-0.4, -0.2) is 51.3 Å². The number of carbonyl (C=O) groups is 2. The van der Waals surface area contributed by atoms with Gasteiger partial charge < -0.3 is 24.8 Å². The van der Waals surface area contributed by atoms with E-state index in [1.807, 2.05) is 48.5 Å². The number of methoxy groups -OCH3 is 1. The fraction of sp³-hybridized carbons (Fsp3) is 0.600. The molecule has 7 heteroatoms. The van der Waals surface area contributed by atoms with Gasteiger partial charge in [-0.15, -0.1) is 6.58 Å². The number of fused-ring (bicyclic) bond motifs is 3. The van der Waals surface area contributed by atoms with Crippen LogP contribution in [0.5, 0.6) is 17.2 Å². The molecule has 0 radical (unpaired) electrons. The zero-order valence-electron chi connectivity index (χ0n) is 23.1. The third-order valence-corrected chi connectivity index (χ3v) is 8.90. The molecule has 6 atom stereocenters. The number of carbonyl (C=O) groups excluding carboxylic acids is 2. The molecule has 1 aromatic carbocycles. The lowest BCUT2D eigenvalue weighted by atomic mass is 9.42. The van der Waals surface area contributed by atoms with Crippen molar-refractivity contribution < 1.29 is 34.4 Å². The van der Waals surface area contributed by atoms with Crippen molar-refractivity contribution in [3.8, 4) is 17.2 Å². The lowest BCUT2D eigenvalue weighted by molar-refractivity contribution is -0.271. The molecule has 0 unspecified atom stereocenters. The van der Waals surface area contributed by atoms with Crippen LogP contribution >= 0.6 is 0 Å². The molecule has 5 rings (SSSR count). The van der Waals surface area contributed by atoms with Crippen LogP contribution in [0, 0.1) is 23.2 Å². The van der Waals surface area contributed by atoms with Crippen LogP contribution in [0.1, 0.15) is 77.2 Å². The minimum atomic E-state index is -2.03. The Morgan fingerprint density at radius 2 is 1.81 bits per heavy atom. The lowest BCUT2D eigenvalue weighted by Crippen LogP contribution is -2.84. The number of rotatable bonds is 5. The fourth-order valence-corrected chi connectivity index (χ4v) is 7.05. The van der Waals surface area contributed by atoms with E-state index in [1.165, 1.54) is 7.11 Å². The van der Waals surface area contributed by atoms with Gasteiger partial charge in [-0.3, -0.25) is 9.59 Å². The molecule has 0 saturated heterocycles. The van der Waals surface area contributed by atoms with Crippen LogP contribution in [0.2, 0.25) is 0 Å². The van der Waals surface area contributed by atoms with Gasteiger partial charge in [-0.05, 0) is 25.7 Å². The van der Waals surface area contributed by atoms with Gasteiger partial charge in [0.1, 0.15) is 22.8 Å². The number of hydrogen-bond acceptors (Lipinski definition) is 7. The number of phenols is 2. The summed E-state index contributed by atoms with van der Waals surface area (Å²) in [5, 5.41) is 34.4. The van der Waals surface area contributed by atoms with Crippen LogP contribution in [0.3, 0.4) is 0 Å². The van der Waals surface area contributed by atoms with Gasteiger partial charge in [-0.2, -0.15) is 0 Å². The average molecular weight is 513 g/mol. The minimum Gasteiger partial charge on any atom is -0.507 e. The number of aromatic hydroxyl groups is 2. The third kappa shape index (κ3) is 3.53. The van der Waals surface area contributed by atoms with Crippen LogP contribution < -0.4 is 4.74 Å². The summed E-state index contributed by atoms with van der Waals surface area (Å²) in [6.07, 6.45) is 2.93. The van der Waals surface area contributed by atoms with E-state index in [4.69, 9.17) is 9.47 Å². The second-order valence-corrected chi connectivity index (χ2v) is 12.8. The molecule has 0 aromatic heterocycles. The summed E-state index contributed by atoms with van der Waals surface area (Å²) >= 11 is 0. The van der Waals surface area contributed by atoms with E-state index in [-0.39, 0.29) is 29.0 Å². The first-order valence-corrected chi connectivity index (χ1v) is 12.9. The maximum atomic E-state index is 14.4. The zero-order valence-corrected chi connectivity index (χ0v) is 23.1.